The molecule has 4 aromatic rings. The van der Waals surface area contributed by atoms with E-state index in [4.69, 9.17) is 9.90 Å². The van der Waals surface area contributed by atoms with Gasteiger partial charge in [0.25, 0.3) is 5.97 Å². The van der Waals surface area contributed by atoms with Crippen molar-refractivity contribution < 1.29 is 37.2 Å². The largest absolute Gasteiger partial charge is 0.507 e. The van der Waals surface area contributed by atoms with Crippen LogP contribution < -0.4 is 0 Å². The van der Waals surface area contributed by atoms with Crippen molar-refractivity contribution in [1.82, 2.24) is 9.97 Å². The Morgan fingerprint density at radius 2 is 0.935 bits per heavy atom. The van der Waals surface area contributed by atoms with Crippen molar-refractivity contribution in [2.24, 2.45) is 0 Å². The Balaban J connectivity index is 0.000000631. The minimum Gasteiger partial charge on any atom is -0.507 e. The number of phenols is 2. The van der Waals surface area contributed by atoms with Crippen molar-refractivity contribution in [3.63, 3.8) is 0 Å². The molecule has 157 valence electrons. The fourth-order valence-electron chi connectivity index (χ4n) is 2.84. The van der Waals surface area contributed by atoms with Crippen LogP contribution in [-0.2, 0) is 21.9 Å². The van der Waals surface area contributed by atoms with Gasteiger partial charge in [-0.15, -0.1) is 0 Å². The summed E-state index contributed by atoms with van der Waals surface area (Å²) in [4.78, 5) is 18.3. The Morgan fingerprint density at radius 3 is 1.29 bits per heavy atom. The molecule has 0 aliphatic rings. The van der Waals surface area contributed by atoms with Gasteiger partial charge in [0.1, 0.15) is 11.5 Å². The van der Waals surface area contributed by atoms with Gasteiger partial charge in [-0.3, -0.25) is 4.79 Å². The number of rotatable bonds is 3. The number of para-hydroxylation sites is 2. The van der Waals surface area contributed by atoms with Crippen LogP contribution in [0, 0.1) is 0 Å². The second kappa shape index (κ2) is 10.9. The predicted molar refractivity (Wildman–Crippen MR) is 115 cm³/mol. The SMILES string of the molecule is CC(=O)O.Oc1ccccc1-c1cccc(-c2cccc(-c3ccccc3O)n2)n1.[Mn]. The first-order chi connectivity index (χ1) is 14.5. The van der Waals surface area contributed by atoms with Crippen LogP contribution in [0.1, 0.15) is 6.92 Å². The summed E-state index contributed by atoms with van der Waals surface area (Å²) in [7, 11) is 0. The zero-order valence-corrected chi connectivity index (χ0v) is 17.8. The number of pyridine rings is 2. The van der Waals surface area contributed by atoms with E-state index >= 15 is 0 Å². The number of carboxylic acids is 1. The van der Waals surface area contributed by atoms with E-state index in [1.165, 1.54) is 0 Å². The number of hydrogen-bond acceptors (Lipinski definition) is 5. The van der Waals surface area contributed by atoms with E-state index in [-0.39, 0.29) is 28.6 Å². The molecule has 0 bridgehead atoms. The van der Waals surface area contributed by atoms with E-state index in [2.05, 4.69) is 9.97 Å². The van der Waals surface area contributed by atoms with Gasteiger partial charge in [-0.1, -0.05) is 36.4 Å². The van der Waals surface area contributed by atoms with E-state index in [0.29, 0.717) is 33.9 Å². The Morgan fingerprint density at radius 1 is 0.613 bits per heavy atom. The van der Waals surface area contributed by atoms with E-state index in [1.807, 2.05) is 60.7 Å². The van der Waals surface area contributed by atoms with Gasteiger partial charge in [-0.25, -0.2) is 9.97 Å². The molecule has 2 aromatic carbocycles. The van der Waals surface area contributed by atoms with Gasteiger partial charge in [-0.2, -0.15) is 0 Å². The van der Waals surface area contributed by atoms with E-state index in [9.17, 15) is 10.2 Å². The summed E-state index contributed by atoms with van der Waals surface area (Å²) in [5, 5.41) is 27.5. The molecule has 2 heterocycles. The van der Waals surface area contributed by atoms with Crippen molar-refractivity contribution in [3.05, 3.63) is 84.9 Å². The molecule has 0 aliphatic carbocycles. The minimum atomic E-state index is -0.833. The maximum absolute atomic E-state index is 10.1. The number of aliphatic carboxylic acids is 1. The number of carbonyl (C=O) groups is 1. The maximum atomic E-state index is 10.1. The number of hydrogen-bond donors (Lipinski definition) is 3. The number of phenolic OH excluding ortho intramolecular Hbond substituents is 2. The van der Waals surface area contributed by atoms with Crippen molar-refractivity contribution in [3.8, 4) is 45.4 Å². The Labute approximate surface area is 190 Å². The number of aromatic nitrogens is 2. The van der Waals surface area contributed by atoms with Gasteiger partial charge in [0.05, 0.1) is 22.8 Å². The zero-order valence-electron chi connectivity index (χ0n) is 16.6. The minimum absolute atomic E-state index is 0. The van der Waals surface area contributed by atoms with Crippen LogP contribution in [-0.4, -0.2) is 31.3 Å². The molecule has 7 heteroatoms. The third-order valence-corrected chi connectivity index (χ3v) is 4.12. The summed E-state index contributed by atoms with van der Waals surface area (Å²) >= 11 is 0. The topological polar surface area (TPSA) is 104 Å². The van der Waals surface area contributed by atoms with Crippen LogP contribution >= 0.6 is 0 Å². The molecule has 3 N–H and O–H groups in total. The summed E-state index contributed by atoms with van der Waals surface area (Å²) in [6, 6.07) is 25.4. The zero-order chi connectivity index (χ0) is 21.5. The molecule has 4 rings (SSSR count). The van der Waals surface area contributed by atoms with E-state index < -0.39 is 5.97 Å². The van der Waals surface area contributed by atoms with Gasteiger partial charge in [0.15, 0.2) is 0 Å². The first kappa shape index (κ1) is 23.6. The molecule has 0 saturated carbocycles. The third kappa shape index (κ3) is 6.15. The molecule has 2 aromatic heterocycles. The first-order valence-electron chi connectivity index (χ1n) is 9.16. The molecule has 0 unspecified atom stereocenters. The Hall–Kier alpha value is -3.67. The summed E-state index contributed by atoms with van der Waals surface area (Å²) in [6.45, 7) is 1.08. The van der Waals surface area contributed by atoms with Gasteiger partial charge < -0.3 is 15.3 Å². The van der Waals surface area contributed by atoms with E-state index in [1.54, 1.807) is 24.3 Å². The van der Waals surface area contributed by atoms with Gasteiger partial charge in [0.2, 0.25) is 0 Å². The maximum Gasteiger partial charge on any atom is 0.300 e. The Kier molecular flexibility index (Phi) is 8.32. The summed E-state index contributed by atoms with van der Waals surface area (Å²) in [6.07, 6.45) is 0. The van der Waals surface area contributed by atoms with Crippen LogP contribution in [0.25, 0.3) is 33.9 Å². The average Bonchev–Trinajstić information content (AvgIpc) is 2.74. The van der Waals surface area contributed by atoms with Crippen LogP contribution in [0.15, 0.2) is 84.9 Å². The van der Waals surface area contributed by atoms with Crippen molar-refractivity contribution in [2.75, 3.05) is 0 Å². The van der Waals surface area contributed by atoms with Gasteiger partial charge in [-0.05, 0) is 48.5 Å². The molecule has 1 radical (unpaired) electrons. The van der Waals surface area contributed by atoms with Crippen LogP contribution in [0.3, 0.4) is 0 Å². The second-order valence-corrected chi connectivity index (χ2v) is 6.37. The summed E-state index contributed by atoms with van der Waals surface area (Å²) in [5.74, 6) is -0.457. The van der Waals surface area contributed by atoms with Crippen molar-refractivity contribution in [2.45, 2.75) is 6.92 Å². The standard InChI is InChI=1S/C22H16N2O2.C2H4O2.Mn/c25-21-13-3-1-7-15(21)17-9-5-11-19(23-17)20-12-6-10-18(24-20)16-8-2-4-14-22(16)26;1-2(3)4;/h1-14,25-26H;1H3,(H,3,4);. The molecular weight excluding hydrogens is 435 g/mol. The molecular formula is C24H20MnN2O4. The summed E-state index contributed by atoms with van der Waals surface area (Å²) < 4.78 is 0. The number of aromatic hydroxyl groups is 2. The number of carboxylic acid groups (broad SMARTS) is 1. The van der Waals surface area contributed by atoms with Gasteiger partial charge >= 0.3 is 0 Å². The molecule has 0 amide bonds. The molecule has 0 fully saturated rings. The molecule has 6 nitrogen and oxygen atoms in total. The smallest absolute Gasteiger partial charge is 0.300 e. The Bertz CT molecular complexity index is 1090. The monoisotopic (exact) mass is 455 g/mol. The first-order valence-corrected chi connectivity index (χ1v) is 9.16. The quantitative estimate of drug-likeness (QED) is 0.377. The van der Waals surface area contributed by atoms with Crippen LogP contribution in [0.2, 0.25) is 0 Å². The third-order valence-electron chi connectivity index (χ3n) is 4.12. The predicted octanol–water partition coefficient (Wildman–Crippen LogP) is 4.98. The normalized spacial score (nSPS) is 9.71. The number of nitrogens with zero attached hydrogens (tertiary/aromatic N) is 2. The average molecular weight is 455 g/mol. The fraction of sp³-hybridized carbons (Fsp3) is 0.0417. The van der Waals surface area contributed by atoms with Crippen LogP contribution in [0.4, 0.5) is 0 Å². The van der Waals surface area contributed by atoms with Crippen molar-refractivity contribution >= 4 is 5.97 Å². The molecule has 0 saturated heterocycles. The fourth-order valence-corrected chi connectivity index (χ4v) is 2.84. The van der Waals surface area contributed by atoms with E-state index in [0.717, 1.165) is 6.92 Å². The molecule has 0 spiro atoms. The molecule has 0 aliphatic heterocycles. The molecule has 0 atom stereocenters. The molecule has 31 heavy (non-hydrogen) atoms. The summed E-state index contributed by atoms with van der Waals surface area (Å²) in [5.41, 5.74) is 4.09. The van der Waals surface area contributed by atoms with Crippen LogP contribution in [0.5, 0.6) is 11.5 Å². The van der Waals surface area contributed by atoms with Gasteiger partial charge in [0, 0.05) is 35.1 Å². The van der Waals surface area contributed by atoms with Crippen molar-refractivity contribution in [1.29, 1.82) is 0 Å². The number of benzene rings is 2. The second-order valence-electron chi connectivity index (χ2n) is 6.37.